The fourth-order valence-electron chi connectivity index (χ4n) is 2.05. The molecule has 3 heteroatoms. The summed E-state index contributed by atoms with van der Waals surface area (Å²) in [6.07, 6.45) is 0.259. The second-order valence-corrected chi connectivity index (χ2v) is 4.55. The number of anilines is 1. The number of para-hydroxylation sites is 1. The van der Waals surface area contributed by atoms with Crippen LogP contribution in [-0.4, -0.2) is 18.2 Å². The number of rotatable bonds is 6. The molecule has 1 unspecified atom stereocenters. The molecule has 1 rings (SSSR count). The Balaban J connectivity index is 3.02. The van der Waals surface area contributed by atoms with Crippen LogP contribution in [0.4, 0.5) is 5.69 Å². The van der Waals surface area contributed by atoms with Crippen LogP contribution in [0, 0.1) is 17.2 Å². The quantitative estimate of drug-likeness (QED) is 0.839. The smallest absolute Gasteiger partial charge is 0.0807 e. The molecule has 0 spiro atoms. The fraction of sp³-hybridized carbons (Fsp3) is 0.533. The van der Waals surface area contributed by atoms with Crippen molar-refractivity contribution in [2.45, 2.75) is 33.3 Å². The van der Waals surface area contributed by atoms with Crippen LogP contribution in [0.3, 0.4) is 0 Å². The SMILES string of the molecule is CC[C@H](O)c1ccccc1N(CC)CC(C)C#N. The van der Waals surface area contributed by atoms with Gasteiger partial charge in [-0.15, -0.1) is 0 Å². The van der Waals surface area contributed by atoms with E-state index in [1.807, 2.05) is 38.1 Å². The van der Waals surface area contributed by atoms with E-state index in [2.05, 4.69) is 17.9 Å². The van der Waals surface area contributed by atoms with Crippen LogP contribution >= 0.6 is 0 Å². The lowest BCUT2D eigenvalue weighted by Gasteiger charge is -2.28. The van der Waals surface area contributed by atoms with Gasteiger partial charge in [-0.2, -0.15) is 5.26 Å². The largest absolute Gasteiger partial charge is 0.388 e. The Hall–Kier alpha value is -1.53. The third-order valence-corrected chi connectivity index (χ3v) is 3.12. The van der Waals surface area contributed by atoms with Gasteiger partial charge in [-0.05, 0) is 26.3 Å². The number of hydrogen-bond acceptors (Lipinski definition) is 3. The van der Waals surface area contributed by atoms with Crippen LogP contribution in [-0.2, 0) is 0 Å². The molecule has 1 N–H and O–H groups in total. The minimum absolute atomic E-state index is 0.0169. The van der Waals surface area contributed by atoms with Gasteiger partial charge in [-0.1, -0.05) is 25.1 Å². The highest BCUT2D eigenvalue weighted by atomic mass is 16.3. The van der Waals surface area contributed by atoms with Crippen LogP contribution in [0.1, 0.15) is 38.9 Å². The molecule has 0 amide bonds. The van der Waals surface area contributed by atoms with Crippen LogP contribution in [0.15, 0.2) is 24.3 Å². The average Bonchev–Trinajstić information content (AvgIpc) is 2.43. The van der Waals surface area contributed by atoms with Gasteiger partial charge >= 0.3 is 0 Å². The molecular formula is C15H22N2O. The first-order chi connectivity index (χ1) is 8.63. The minimum atomic E-state index is -0.437. The van der Waals surface area contributed by atoms with Gasteiger partial charge in [0.25, 0.3) is 0 Å². The van der Waals surface area contributed by atoms with Crippen molar-refractivity contribution in [3.05, 3.63) is 29.8 Å². The topological polar surface area (TPSA) is 47.3 Å². The number of nitriles is 1. The normalized spacial score (nSPS) is 13.7. The first kappa shape index (κ1) is 14.5. The van der Waals surface area contributed by atoms with Gasteiger partial charge in [0.15, 0.2) is 0 Å². The molecule has 1 aromatic carbocycles. The third-order valence-electron chi connectivity index (χ3n) is 3.12. The molecule has 1 aromatic rings. The molecule has 0 aliphatic rings. The average molecular weight is 246 g/mol. The van der Waals surface area contributed by atoms with E-state index in [0.717, 1.165) is 17.8 Å². The van der Waals surface area contributed by atoms with Crippen LogP contribution in [0.5, 0.6) is 0 Å². The molecule has 0 aromatic heterocycles. The fourth-order valence-corrected chi connectivity index (χ4v) is 2.05. The second kappa shape index (κ2) is 7.03. The maximum Gasteiger partial charge on any atom is 0.0807 e. The van der Waals surface area contributed by atoms with E-state index in [0.29, 0.717) is 13.0 Å². The van der Waals surface area contributed by atoms with Crippen molar-refractivity contribution in [1.82, 2.24) is 0 Å². The molecule has 2 atom stereocenters. The molecule has 0 bridgehead atoms. The molecule has 0 saturated heterocycles. The molecule has 0 heterocycles. The van der Waals surface area contributed by atoms with Crippen molar-refractivity contribution in [3.8, 4) is 6.07 Å². The van der Waals surface area contributed by atoms with E-state index in [-0.39, 0.29) is 5.92 Å². The molecule has 0 fully saturated rings. The molecule has 0 radical (unpaired) electrons. The van der Waals surface area contributed by atoms with Crippen LogP contribution in [0.2, 0.25) is 0 Å². The summed E-state index contributed by atoms with van der Waals surface area (Å²) in [5, 5.41) is 19.0. The van der Waals surface area contributed by atoms with Gasteiger partial charge in [-0.3, -0.25) is 0 Å². The van der Waals surface area contributed by atoms with Gasteiger partial charge < -0.3 is 10.0 Å². The van der Waals surface area contributed by atoms with Crippen molar-refractivity contribution < 1.29 is 5.11 Å². The van der Waals surface area contributed by atoms with Crippen LogP contribution in [0.25, 0.3) is 0 Å². The Morgan fingerprint density at radius 3 is 2.56 bits per heavy atom. The first-order valence-corrected chi connectivity index (χ1v) is 6.55. The zero-order valence-electron chi connectivity index (χ0n) is 11.4. The van der Waals surface area contributed by atoms with E-state index in [1.54, 1.807) is 0 Å². The van der Waals surface area contributed by atoms with Crippen molar-refractivity contribution in [1.29, 1.82) is 5.26 Å². The predicted octanol–water partition coefficient (Wildman–Crippen LogP) is 3.12. The summed E-state index contributed by atoms with van der Waals surface area (Å²) in [6, 6.07) is 10.2. The number of nitrogens with zero attached hydrogens (tertiary/aromatic N) is 2. The molecule has 3 nitrogen and oxygen atoms in total. The summed E-state index contributed by atoms with van der Waals surface area (Å²) >= 11 is 0. The summed E-state index contributed by atoms with van der Waals surface area (Å²) < 4.78 is 0. The Morgan fingerprint density at radius 1 is 1.33 bits per heavy atom. The van der Waals surface area contributed by atoms with Crippen molar-refractivity contribution in [2.24, 2.45) is 5.92 Å². The Labute approximate surface area is 110 Å². The summed E-state index contributed by atoms with van der Waals surface area (Å²) in [6.45, 7) is 7.48. The van der Waals surface area contributed by atoms with E-state index >= 15 is 0 Å². The Morgan fingerprint density at radius 2 is 2.00 bits per heavy atom. The van der Waals surface area contributed by atoms with Gasteiger partial charge in [0, 0.05) is 24.3 Å². The highest BCUT2D eigenvalue weighted by Crippen LogP contribution is 2.28. The lowest BCUT2D eigenvalue weighted by molar-refractivity contribution is 0.174. The maximum absolute atomic E-state index is 10.1. The van der Waals surface area contributed by atoms with E-state index in [4.69, 9.17) is 5.26 Å². The lowest BCUT2D eigenvalue weighted by Crippen LogP contribution is -2.29. The molecule has 98 valence electrons. The molecule has 0 saturated carbocycles. The van der Waals surface area contributed by atoms with Gasteiger partial charge in [0.2, 0.25) is 0 Å². The zero-order valence-corrected chi connectivity index (χ0v) is 11.4. The minimum Gasteiger partial charge on any atom is -0.388 e. The van der Waals surface area contributed by atoms with Crippen molar-refractivity contribution >= 4 is 5.69 Å². The molecule has 18 heavy (non-hydrogen) atoms. The van der Waals surface area contributed by atoms with E-state index in [9.17, 15) is 5.11 Å². The highest BCUT2D eigenvalue weighted by molar-refractivity contribution is 5.54. The Bertz CT molecular complexity index is 411. The summed E-state index contributed by atoms with van der Waals surface area (Å²) in [4.78, 5) is 2.15. The zero-order chi connectivity index (χ0) is 13.5. The van der Waals surface area contributed by atoms with Gasteiger partial charge in [0.05, 0.1) is 18.1 Å². The summed E-state index contributed by atoms with van der Waals surface area (Å²) in [5.74, 6) is -0.0169. The van der Waals surface area contributed by atoms with E-state index in [1.165, 1.54) is 0 Å². The third kappa shape index (κ3) is 3.48. The molecule has 0 aliphatic heterocycles. The number of aliphatic hydroxyl groups excluding tert-OH is 1. The number of benzene rings is 1. The lowest BCUT2D eigenvalue weighted by atomic mass is 10.0. The number of hydrogen-bond donors (Lipinski definition) is 1. The monoisotopic (exact) mass is 246 g/mol. The molecule has 0 aliphatic carbocycles. The Kier molecular flexibility index (Phi) is 5.67. The highest BCUT2D eigenvalue weighted by Gasteiger charge is 2.16. The van der Waals surface area contributed by atoms with Crippen molar-refractivity contribution in [2.75, 3.05) is 18.0 Å². The van der Waals surface area contributed by atoms with E-state index < -0.39 is 6.10 Å². The maximum atomic E-state index is 10.1. The van der Waals surface area contributed by atoms with Crippen molar-refractivity contribution in [3.63, 3.8) is 0 Å². The van der Waals surface area contributed by atoms with Gasteiger partial charge in [0.1, 0.15) is 0 Å². The molecular weight excluding hydrogens is 224 g/mol. The second-order valence-electron chi connectivity index (χ2n) is 4.55. The van der Waals surface area contributed by atoms with Gasteiger partial charge in [-0.25, -0.2) is 0 Å². The predicted molar refractivity (Wildman–Crippen MR) is 74.4 cm³/mol. The number of aliphatic hydroxyl groups is 1. The summed E-state index contributed by atoms with van der Waals surface area (Å²) in [7, 11) is 0. The standard InChI is InChI=1S/C15H22N2O/c1-4-15(18)13-8-6-7-9-14(13)17(5-2)11-12(3)10-16/h6-9,12,15,18H,4-5,11H2,1-3H3/t12?,15-/m0/s1. The summed E-state index contributed by atoms with van der Waals surface area (Å²) in [5.41, 5.74) is 1.99. The van der Waals surface area contributed by atoms with Crippen LogP contribution < -0.4 is 4.90 Å². The first-order valence-electron chi connectivity index (χ1n) is 6.55.